The summed E-state index contributed by atoms with van der Waals surface area (Å²) < 4.78 is 1.44. The highest BCUT2D eigenvalue weighted by atomic mass is 16.2. The third-order valence-electron chi connectivity index (χ3n) is 2.48. The maximum atomic E-state index is 11.4. The molecule has 82 valence electrons. The van der Waals surface area contributed by atoms with Crippen molar-refractivity contribution in [3.05, 3.63) is 41.6 Å². The zero-order valence-corrected chi connectivity index (χ0v) is 9.69. The van der Waals surface area contributed by atoms with E-state index in [0.29, 0.717) is 0 Å². The van der Waals surface area contributed by atoms with Crippen molar-refractivity contribution < 1.29 is 4.79 Å². The minimum absolute atomic E-state index is 0.0660. The normalized spacial score (nSPS) is 10.4. The Labute approximate surface area is 94.7 Å². The molecule has 0 fully saturated rings. The Morgan fingerprint density at radius 1 is 1.19 bits per heavy atom. The molecule has 0 aliphatic carbocycles. The standard InChI is InChI=1S/C13H14N2O/c1-9-4-6-12(7-5-9)13-8-10(2)14-15(13)11(3)16/h4-8H,1-3H3. The third-order valence-corrected chi connectivity index (χ3v) is 2.48. The van der Waals surface area contributed by atoms with Crippen LogP contribution in [-0.2, 0) is 0 Å². The van der Waals surface area contributed by atoms with Crippen molar-refractivity contribution in [3.8, 4) is 11.3 Å². The van der Waals surface area contributed by atoms with Crippen molar-refractivity contribution in [3.63, 3.8) is 0 Å². The van der Waals surface area contributed by atoms with Crippen molar-refractivity contribution >= 4 is 5.91 Å². The number of carbonyl (C=O) groups is 1. The molecule has 2 aromatic rings. The monoisotopic (exact) mass is 214 g/mol. The molecule has 0 spiro atoms. The summed E-state index contributed by atoms with van der Waals surface area (Å²) in [6, 6.07) is 9.99. The zero-order valence-electron chi connectivity index (χ0n) is 9.69. The first-order chi connectivity index (χ1) is 7.58. The van der Waals surface area contributed by atoms with E-state index in [1.54, 1.807) is 0 Å². The predicted octanol–water partition coefficient (Wildman–Crippen LogP) is 2.83. The van der Waals surface area contributed by atoms with Gasteiger partial charge in [0.05, 0.1) is 11.4 Å². The van der Waals surface area contributed by atoms with Crippen LogP contribution >= 0.6 is 0 Å². The van der Waals surface area contributed by atoms with E-state index in [1.807, 2.05) is 44.2 Å². The smallest absolute Gasteiger partial charge is 0.244 e. The minimum Gasteiger partial charge on any atom is -0.273 e. The second-order valence-electron chi connectivity index (χ2n) is 3.97. The first kappa shape index (κ1) is 10.6. The molecule has 2 rings (SSSR count). The predicted molar refractivity (Wildman–Crippen MR) is 63.4 cm³/mol. The van der Waals surface area contributed by atoms with Crippen LogP contribution in [0.2, 0.25) is 0 Å². The van der Waals surface area contributed by atoms with Crippen LogP contribution in [0.15, 0.2) is 30.3 Å². The quantitative estimate of drug-likeness (QED) is 0.731. The molecular weight excluding hydrogens is 200 g/mol. The Hall–Kier alpha value is -1.90. The van der Waals surface area contributed by atoms with Gasteiger partial charge in [0, 0.05) is 12.5 Å². The molecule has 1 aromatic carbocycles. The van der Waals surface area contributed by atoms with Gasteiger partial charge in [0.15, 0.2) is 0 Å². The average Bonchev–Trinajstić information content (AvgIpc) is 2.61. The largest absolute Gasteiger partial charge is 0.273 e. The molecule has 0 unspecified atom stereocenters. The van der Waals surface area contributed by atoms with E-state index < -0.39 is 0 Å². The van der Waals surface area contributed by atoms with E-state index in [-0.39, 0.29) is 5.91 Å². The van der Waals surface area contributed by atoms with Gasteiger partial charge in [-0.15, -0.1) is 0 Å². The van der Waals surface area contributed by atoms with E-state index in [9.17, 15) is 4.79 Å². The SMILES string of the molecule is CC(=O)n1nc(C)cc1-c1ccc(C)cc1. The number of benzene rings is 1. The van der Waals surface area contributed by atoms with Crippen LogP contribution in [0.25, 0.3) is 11.3 Å². The first-order valence-corrected chi connectivity index (χ1v) is 5.22. The molecular formula is C13H14N2O. The van der Waals surface area contributed by atoms with Crippen molar-refractivity contribution in [2.24, 2.45) is 0 Å². The Balaban J connectivity index is 2.55. The highest BCUT2D eigenvalue weighted by molar-refractivity contribution is 5.81. The summed E-state index contributed by atoms with van der Waals surface area (Å²) in [4.78, 5) is 11.4. The topological polar surface area (TPSA) is 34.9 Å². The fourth-order valence-corrected chi connectivity index (χ4v) is 1.67. The van der Waals surface area contributed by atoms with E-state index >= 15 is 0 Å². The number of hydrogen-bond donors (Lipinski definition) is 0. The van der Waals surface area contributed by atoms with Crippen LogP contribution in [0, 0.1) is 13.8 Å². The molecule has 0 aliphatic rings. The van der Waals surface area contributed by atoms with Crippen molar-refractivity contribution in [1.29, 1.82) is 0 Å². The number of aryl methyl sites for hydroxylation is 2. The summed E-state index contributed by atoms with van der Waals surface area (Å²) >= 11 is 0. The van der Waals surface area contributed by atoms with Gasteiger partial charge in [0.2, 0.25) is 5.91 Å². The molecule has 0 N–H and O–H groups in total. The van der Waals surface area contributed by atoms with Crippen molar-refractivity contribution in [2.75, 3.05) is 0 Å². The van der Waals surface area contributed by atoms with Gasteiger partial charge in [0.1, 0.15) is 0 Å². The van der Waals surface area contributed by atoms with E-state index in [0.717, 1.165) is 17.0 Å². The summed E-state index contributed by atoms with van der Waals surface area (Å²) in [5.74, 6) is -0.0660. The first-order valence-electron chi connectivity index (χ1n) is 5.22. The second-order valence-corrected chi connectivity index (χ2v) is 3.97. The molecule has 1 heterocycles. The number of rotatable bonds is 1. The summed E-state index contributed by atoms with van der Waals surface area (Å²) in [7, 11) is 0. The van der Waals surface area contributed by atoms with E-state index in [4.69, 9.17) is 0 Å². The van der Waals surface area contributed by atoms with Gasteiger partial charge < -0.3 is 0 Å². The lowest BCUT2D eigenvalue weighted by Crippen LogP contribution is -2.09. The molecule has 0 bridgehead atoms. The molecule has 0 saturated heterocycles. The van der Waals surface area contributed by atoms with Crippen LogP contribution in [0.4, 0.5) is 0 Å². The zero-order chi connectivity index (χ0) is 11.7. The second kappa shape index (κ2) is 3.93. The molecule has 0 atom stereocenters. The lowest BCUT2D eigenvalue weighted by molar-refractivity contribution is 0.0923. The van der Waals surface area contributed by atoms with Gasteiger partial charge >= 0.3 is 0 Å². The van der Waals surface area contributed by atoms with E-state index in [1.165, 1.54) is 17.2 Å². The Bertz CT molecular complexity index is 523. The maximum absolute atomic E-state index is 11.4. The fraction of sp³-hybridized carbons (Fsp3) is 0.231. The van der Waals surface area contributed by atoms with Gasteiger partial charge in [0.25, 0.3) is 0 Å². The van der Waals surface area contributed by atoms with Crippen LogP contribution in [-0.4, -0.2) is 15.7 Å². The van der Waals surface area contributed by atoms with E-state index in [2.05, 4.69) is 5.10 Å². The maximum Gasteiger partial charge on any atom is 0.244 e. The molecule has 3 heteroatoms. The highest BCUT2D eigenvalue weighted by Crippen LogP contribution is 2.20. The molecule has 0 amide bonds. The fourth-order valence-electron chi connectivity index (χ4n) is 1.67. The number of carbonyl (C=O) groups excluding carboxylic acids is 1. The molecule has 0 radical (unpaired) electrons. The van der Waals surface area contributed by atoms with Gasteiger partial charge in [-0.25, -0.2) is 4.68 Å². The summed E-state index contributed by atoms with van der Waals surface area (Å²) in [6.07, 6.45) is 0. The van der Waals surface area contributed by atoms with Gasteiger partial charge in [-0.3, -0.25) is 4.79 Å². The highest BCUT2D eigenvalue weighted by Gasteiger charge is 2.10. The minimum atomic E-state index is -0.0660. The Morgan fingerprint density at radius 3 is 2.38 bits per heavy atom. The number of aromatic nitrogens is 2. The average molecular weight is 214 g/mol. The molecule has 1 aromatic heterocycles. The van der Waals surface area contributed by atoms with Gasteiger partial charge in [-0.1, -0.05) is 29.8 Å². The third kappa shape index (κ3) is 1.89. The van der Waals surface area contributed by atoms with Crippen LogP contribution in [0.5, 0.6) is 0 Å². The van der Waals surface area contributed by atoms with Crippen LogP contribution in [0.1, 0.15) is 23.0 Å². The van der Waals surface area contributed by atoms with Gasteiger partial charge in [-0.05, 0) is 19.9 Å². The number of hydrogen-bond acceptors (Lipinski definition) is 2. The lowest BCUT2D eigenvalue weighted by atomic mass is 10.1. The molecule has 0 saturated carbocycles. The lowest BCUT2D eigenvalue weighted by Gasteiger charge is -2.03. The number of nitrogens with zero attached hydrogens (tertiary/aromatic N) is 2. The van der Waals surface area contributed by atoms with Gasteiger partial charge in [-0.2, -0.15) is 5.10 Å². The van der Waals surface area contributed by atoms with Crippen LogP contribution < -0.4 is 0 Å². The van der Waals surface area contributed by atoms with Crippen molar-refractivity contribution in [1.82, 2.24) is 9.78 Å². The summed E-state index contributed by atoms with van der Waals surface area (Å²) in [5, 5.41) is 4.18. The van der Waals surface area contributed by atoms with Crippen molar-refractivity contribution in [2.45, 2.75) is 20.8 Å². The summed E-state index contributed by atoms with van der Waals surface area (Å²) in [6.45, 7) is 5.44. The molecule has 3 nitrogen and oxygen atoms in total. The summed E-state index contributed by atoms with van der Waals surface area (Å²) in [5.41, 5.74) is 3.92. The Kier molecular flexibility index (Phi) is 2.60. The Morgan fingerprint density at radius 2 is 1.81 bits per heavy atom. The molecule has 0 aliphatic heterocycles. The molecule has 16 heavy (non-hydrogen) atoms. The van der Waals surface area contributed by atoms with Crippen LogP contribution in [0.3, 0.4) is 0 Å².